The third-order valence-corrected chi connectivity index (χ3v) is 8.76. The van der Waals surface area contributed by atoms with Gasteiger partial charge in [0.25, 0.3) is 0 Å². The van der Waals surface area contributed by atoms with Crippen molar-refractivity contribution in [2.24, 2.45) is 0 Å². The number of hydrogen-bond acceptors (Lipinski definition) is 6. The van der Waals surface area contributed by atoms with E-state index in [1.807, 2.05) is 65.4 Å². The molecule has 2 aliphatic rings. The molecule has 2 atom stereocenters. The Morgan fingerprint density at radius 3 is 2.41 bits per heavy atom. The number of carbonyl (C=O) groups is 3. The van der Waals surface area contributed by atoms with Gasteiger partial charge in [0.1, 0.15) is 23.7 Å². The number of amides is 4. The summed E-state index contributed by atoms with van der Waals surface area (Å²) in [6.07, 6.45) is 0.447. The predicted octanol–water partition coefficient (Wildman–Crippen LogP) is 4.51. The van der Waals surface area contributed by atoms with Crippen LogP contribution in [0.3, 0.4) is 0 Å². The maximum absolute atomic E-state index is 14.2. The lowest BCUT2D eigenvalue weighted by Crippen LogP contribution is -2.66. The standard InChI is InChI=1S/C36H39N5O5/c1-3-19-39(36(45)37-21-26-13-17-30(46-2)18-14-26)40-24-34(43)41-32(20-25-11-15-29(42)16-12-25)35(44)38(23-33(40)41)22-28-9-6-8-27-7-4-5-10-31(27)28/h4-18,32-33,42H,3,19-24H2,1-2H3,(H,37,45)/t32-,33+/m0/s1. The maximum atomic E-state index is 14.2. The number of phenolic OH excluding ortho intramolecular Hbond substituents is 1. The molecule has 6 rings (SSSR count). The molecule has 0 saturated carbocycles. The van der Waals surface area contributed by atoms with E-state index >= 15 is 0 Å². The highest BCUT2D eigenvalue weighted by molar-refractivity contribution is 5.92. The van der Waals surface area contributed by atoms with Gasteiger partial charge in [-0.1, -0.05) is 73.7 Å². The molecule has 0 aliphatic carbocycles. The highest BCUT2D eigenvalue weighted by atomic mass is 16.5. The molecule has 10 heteroatoms. The summed E-state index contributed by atoms with van der Waals surface area (Å²) in [4.78, 5) is 45.1. The van der Waals surface area contributed by atoms with Gasteiger partial charge in [0.05, 0.1) is 20.2 Å². The summed E-state index contributed by atoms with van der Waals surface area (Å²) in [7, 11) is 1.61. The maximum Gasteiger partial charge on any atom is 0.332 e. The second-order valence-corrected chi connectivity index (χ2v) is 11.8. The molecule has 0 bridgehead atoms. The quantitative estimate of drug-likeness (QED) is 0.270. The molecule has 0 radical (unpaired) electrons. The number of hydrazine groups is 1. The number of rotatable bonds is 10. The van der Waals surface area contributed by atoms with Crippen LogP contribution >= 0.6 is 0 Å². The lowest BCUT2D eigenvalue weighted by Gasteiger charge is -2.46. The number of aromatic hydroxyl groups is 1. The summed E-state index contributed by atoms with van der Waals surface area (Å²) >= 11 is 0. The Kier molecular flexibility index (Phi) is 9.07. The van der Waals surface area contributed by atoms with Crippen LogP contribution in [-0.4, -0.2) is 81.7 Å². The van der Waals surface area contributed by atoms with E-state index in [9.17, 15) is 19.5 Å². The zero-order valence-corrected chi connectivity index (χ0v) is 26.1. The first kappa shape index (κ1) is 30.9. The molecule has 0 unspecified atom stereocenters. The minimum absolute atomic E-state index is 0.0118. The Labute approximate surface area is 268 Å². The zero-order chi connectivity index (χ0) is 32.2. The Morgan fingerprint density at radius 2 is 1.67 bits per heavy atom. The second-order valence-electron chi connectivity index (χ2n) is 11.8. The van der Waals surface area contributed by atoms with Crippen molar-refractivity contribution in [3.63, 3.8) is 0 Å². The Hall–Kier alpha value is -5.09. The van der Waals surface area contributed by atoms with E-state index in [0.717, 1.165) is 33.2 Å². The van der Waals surface area contributed by atoms with Crippen molar-refractivity contribution in [1.29, 1.82) is 0 Å². The third-order valence-electron chi connectivity index (χ3n) is 8.76. The largest absolute Gasteiger partial charge is 0.508 e. The van der Waals surface area contributed by atoms with Gasteiger partial charge in [-0.05, 0) is 58.1 Å². The van der Waals surface area contributed by atoms with Crippen LogP contribution in [0.5, 0.6) is 11.5 Å². The Morgan fingerprint density at radius 1 is 0.957 bits per heavy atom. The number of methoxy groups -OCH3 is 1. The van der Waals surface area contributed by atoms with Crippen molar-refractivity contribution in [2.45, 2.75) is 45.1 Å². The van der Waals surface area contributed by atoms with E-state index in [1.165, 1.54) is 0 Å². The highest BCUT2D eigenvalue weighted by Gasteiger charge is 2.52. The van der Waals surface area contributed by atoms with Crippen LogP contribution in [0.2, 0.25) is 0 Å². The summed E-state index contributed by atoms with van der Waals surface area (Å²) in [5.74, 6) is 0.531. The Bertz CT molecular complexity index is 1710. The molecule has 4 aromatic carbocycles. The molecule has 4 aromatic rings. The van der Waals surface area contributed by atoms with Crippen LogP contribution in [-0.2, 0) is 29.1 Å². The molecule has 2 fully saturated rings. The first-order valence-corrected chi connectivity index (χ1v) is 15.7. The van der Waals surface area contributed by atoms with Crippen LogP contribution in [0.25, 0.3) is 10.8 Å². The third kappa shape index (κ3) is 6.34. The minimum Gasteiger partial charge on any atom is -0.508 e. The lowest BCUT2D eigenvalue weighted by molar-refractivity contribution is -0.157. The number of carbonyl (C=O) groups excluding carboxylic acids is 3. The number of urea groups is 1. The van der Waals surface area contributed by atoms with E-state index in [0.29, 0.717) is 32.5 Å². The van der Waals surface area contributed by atoms with Crippen LogP contribution in [0.15, 0.2) is 91.0 Å². The fourth-order valence-corrected chi connectivity index (χ4v) is 6.45. The van der Waals surface area contributed by atoms with E-state index in [1.54, 1.807) is 41.3 Å². The molecule has 238 valence electrons. The molecule has 46 heavy (non-hydrogen) atoms. The highest BCUT2D eigenvalue weighted by Crippen LogP contribution is 2.31. The number of benzene rings is 4. The van der Waals surface area contributed by atoms with Gasteiger partial charge in [0, 0.05) is 26.1 Å². The SMILES string of the molecule is CCCN(C(=O)NCc1ccc(OC)cc1)N1CC(=O)N2[C@@H](Cc3ccc(O)cc3)C(=O)N(Cc3cccc4ccccc34)C[C@@H]21. The number of phenols is 1. The molecule has 2 aliphatic heterocycles. The number of hydrogen-bond donors (Lipinski definition) is 2. The number of nitrogens with zero attached hydrogens (tertiary/aromatic N) is 4. The average molecular weight is 622 g/mol. The molecule has 0 spiro atoms. The summed E-state index contributed by atoms with van der Waals surface area (Å²) in [5.41, 5.74) is 2.76. The van der Waals surface area contributed by atoms with Crippen molar-refractivity contribution >= 4 is 28.6 Å². The van der Waals surface area contributed by atoms with E-state index < -0.39 is 12.2 Å². The normalized spacial score (nSPS) is 18.1. The molecular formula is C36H39N5O5. The van der Waals surface area contributed by atoms with E-state index in [2.05, 4.69) is 23.5 Å². The predicted molar refractivity (Wildman–Crippen MR) is 175 cm³/mol. The summed E-state index contributed by atoms with van der Waals surface area (Å²) in [6, 6.07) is 27.3. The van der Waals surface area contributed by atoms with Crippen molar-refractivity contribution in [3.05, 3.63) is 108 Å². The van der Waals surface area contributed by atoms with Crippen molar-refractivity contribution < 1.29 is 24.2 Å². The zero-order valence-electron chi connectivity index (χ0n) is 26.1. The lowest BCUT2D eigenvalue weighted by atomic mass is 9.99. The van der Waals surface area contributed by atoms with Gasteiger partial charge in [-0.2, -0.15) is 5.01 Å². The summed E-state index contributed by atoms with van der Waals surface area (Å²) in [6.45, 7) is 3.33. The Balaban J connectivity index is 1.29. The van der Waals surface area contributed by atoms with E-state index in [-0.39, 0.29) is 36.7 Å². The van der Waals surface area contributed by atoms with Gasteiger partial charge in [0.15, 0.2) is 0 Å². The second kappa shape index (κ2) is 13.5. The fourth-order valence-electron chi connectivity index (χ4n) is 6.45. The van der Waals surface area contributed by atoms with Crippen LogP contribution in [0, 0.1) is 0 Å². The molecule has 2 saturated heterocycles. The van der Waals surface area contributed by atoms with Crippen LogP contribution < -0.4 is 10.1 Å². The summed E-state index contributed by atoms with van der Waals surface area (Å²) < 4.78 is 5.24. The van der Waals surface area contributed by atoms with Gasteiger partial charge < -0.3 is 25.0 Å². The van der Waals surface area contributed by atoms with Gasteiger partial charge in [0.2, 0.25) is 11.8 Å². The monoisotopic (exact) mass is 621 g/mol. The molecule has 0 aromatic heterocycles. The molecule has 4 amide bonds. The molecule has 10 nitrogen and oxygen atoms in total. The minimum atomic E-state index is -0.762. The first-order valence-electron chi connectivity index (χ1n) is 15.7. The topological polar surface area (TPSA) is 106 Å². The van der Waals surface area contributed by atoms with Gasteiger partial charge in [-0.15, -0.1) is 0 Å². The average Bonchev–Trinajstić information content (AvgIpc) is 3.40. The summed E-state index contributed by atoms with van der Waals surface area (Å²) in [5, 5.41) is 18.5. The molecule has 2 heterocycles. The van der Waals surface area contributed by atoms with Gasteiger partial charge >= 0.3 is 6.03 Å². The van der Waals surface area contributed by atoms with Crippen molar-refractivity contribution in [1.82, 2.24) is 25.1 Å². The van der Waals surface area contributed by atoms with Crippen molar-refractivity contribution in [2.75, 3.05) is 26.7 Å². The van der Waals surface area contributed by atoms with Gasteiger partial charge in [-0.3, -0.25) is 14.6 Å². The van der Waals surface area contributed by atoms with Gasteiger partial charge in [-0.25, -0.2) is 4.79 Å². The number of fused-ring (bicyclic) bond motifs is 2. The number of piperazine rings is 1. The van der Waals surface area contributed by atoms with Crippen molar-refractivity contribution in [3.8, 4) is 11.5 Å². The smallest absolute Gasteiger partial charge is 0.332 e. The van der Waals surface area contributed by atoms with Crippen LogP contribution in [0.1, 0.15) is 30.0 Å². The number of ether oxygens (including phenoxy) is 1. The van der Waals surface area contributed by atoms with Crippen LogP contribution in [0.4, 0.5) is 4.79 Å². The molecular weight excluding hydrogens is 582 g/mol. The van der Waals surface area contributed by atoms with E-state index in [4.69, 9.17) is 4.74 Å². The molecule has 2 N–H and O–H groups in total. The first-order chi connectivity index (χ1) is 22.4. The fraction of sp³-hybridized carbons (Fsp3) is 0.306. The number of nitrogens with one attached hydrogen (secondary N) is 1.